The summed E-state index contributed by atoms with van der Waals surface area (Å²) in [5.41, 5.74) is 0. The van der Waals surface area contributed by atoms with Crippen LogP contribution < -0.4 is 0 Å². The lowest BCUT2D eigenvalue weighted by Gasteiger charge is -2.27. The SMILES string of the molecule is CC1(C)OCC(C2OC(C)(C)OC2C2COC(C)(C)O2)O1.CCOC(=O)C(C)=O.CCOC(=O)C1(C)OCC(C2OC(C)(C)OC2C2COC(C)(C)O2)O1.[H+]. The van der Waals surface area contributed by atoms with Gasteiger partial charge in [-0.2, -0.15) is 0 Å². The van der Waals surface area contributed by atoms with Crippen molar-refractivity contribution in [3.63, 3.8) is 0 Å². The van der Waals surface area contributed by atoms with Gasteiger partial charge in [0.25, 0.3) is 5.79 Å². The van der Waals surface area contributed by atoms with E-state index in [1.807, 2.05) is 69.2 Å². The summed E-state index contributed by atoms with van der Waals surface area (Å²) in [7, 11) is 0. The third-order valence-corrected chi connectivity index (χ3v) is 8.99. The van der Waals surface area contributed by atoms with E-state index < -0.39 is 70.8 Å². The Morgan fingerprint density at radius 2 is 0.796 bits per heavy atom. The molecular weight excluding hydrogens is 716 g/mol. The highest BCUT2D eigenvalue weighted by atomic mass is 16.8. The molecule has 0 aliphatic carbocycles. The van der Waals surface area contributed by atoms with Gasteiger partial charge in [0, 0.05) is 13.8 Å². The van der Waals surface area contributed by atoms with Crippen LogP contribution in [0, 0.1) is 0 Å². The Labute approximate surface area is 319 Å². The Hall–Kier alpha value is -1.87. The Kier molecular flexibility index (Phi) is 14.1. The summed E-state index contributed by atoms with van der Waals surface area (Å²) in [4.78, 5) is 32.3. The van der Waals surface area contributed by atoms with Crippen LogP contribution in [0.3, 0.4) is 0 Å². The first kappa shape index (κ1) is 44.8. The van der Waals surface area contributed by atoms with Crippen LogP contribution >= 0.6 is 0 Å². The van der Waals surface area contributed by atoms with Crippen LogP contribution in [-0.4, -0.2) is 141 Å². The second-order valence-corrected chi connectivity index (χ2v) is 16.1. The molecule has 6 aliphatic heterocycles. The molecule has 0 spiro atoms. The number of ketones is 1. The number of rotatable bonds is 8. The first-order chi connectivity index (χ1) is 24.8. The maximum absolute atomic E-state index is 12.1. The fourth-order valence-electron chi connectivity index (χ4n) is 6.78. The van der Waals surface area contributed by atoms with Crippen LogP contribution in [0.5, 0.6) is 0 Å². The van der Waals surface area contributed by atoms with Gasteiger partial charge in [0.1, 0.15) is 48.8 Å². The molecule has 6 aliphatic rings. The van der Waals surface area contributed by atoms with Gasteiger partial charge in [-0.3, -0.25) is 4.79 Å². The zero-order valence-electron chi connectivity index (χ0n) is 35.3. The van der Waals surface area contributed by atoms with Crippen LogP contribution in [0.4, 0.5) is 0 Å². The van der Waals surface area contributed by atoms with Gasteiger partial charge in [-0.05, 0) is 83.1 Å². The molecule has 17 heteroatoms. The number of ether oxygens (including phenoxy) is 14. The summed E-state index contributed by atoms with van der Waals surface area (Å²) in [5.74, 6) is -6.59. The molecule has 54 heavy (non-hydrogen) atoms. The molecule has 6 rings (SSSR count). The lowest BCUT2D eigenvalue weighted by molar-refractivity contribution is -0.211. The summed E-state index contributed by atoms with van der Waals surface area (Å²) in [6, 6.07) is 0. The standard InChI is InChI=1S/C17H28O8.C15H26O6.C5H8O3/c1-7-19-14(18)17(6)21-9-11(23-17)13-12(24-16(4,5)25-13)10-8-20-15(2,3)22-10;1-13(2)16-7-9(18-13)11-12(21-15(5,6)20-11)10-8-17-14(3,4)19-10;1-3-8-5(7)4(2)6/h10-13H,7-9H2,1-6H3;9-12H,7-8H2,1-6H3;3H2,1-2H3/p+1. The second-order valence-electron chi connectivity index (χ2n) is 16.1. The topological polar surface area (TPSA) is 180 Å². The van der Waals surface area contributed by atoms with Crippen molar-refractivity contribution >= 4 is 17.7 Å². The van der Waals surface area contributed by atoms with Gasteiger partial charge in [-0.15, -0.1) is 0 Å². The number of carbonyl (C=O) groups excluding carboxylic acids is 3. The minimum Gasteiger partial charge on any atom is -0.462 e. The van der Waals surface area contributed by atoms with Gasteiger partial charge < -0.3 is 66.3 Å². The minimum atomic E-state index is -1.44. The van der Waals surface area contributed by atoms with Crippen molar-refractivity contribution in [3.05, 3.63) is 0 Å². The van der Waals surface area contributed by atoms with Crippen molar-refractivity contribution in [2.75, 3.05) is 39.6 Å². The molecule has 0 bridgehead atoms. The molecule has 312 valence electrons. The monoisotopic (exact) mass is 779 g/mol. The maximum Gasteiger partial charge on any atom is 1.00 e. The smallest absolute Gasteiger partial charge is 0.462 e. The lowest BCUT2D eigenvalue weighted by Crippen LogP contribution is -2.46. The summed E-state index contributed by atoms with van der Waals surface area (Å²) in [6.45, 7) is 27.0. The van der Waals surface area contributed by atoms with E-state index in [9.17, 15) is 14.4 Å². The molecule has 0 saturated carbocycles. The molecular formula is C37H63O17+. The van der Waals surface area contributed by atoms with Crippen LogP contribution in [-0.2, 0) is 80.7 Å². The normalized spacial score (nSPS) is 38.2. The molecule has 9 unspecified atom stereocenters. The van der Waals surface area contributed by atoms with E-state index >= 15 is 0 Å². The first-order valence-electron chi connectivity index (χ1n) is 18.6. The van der Waals surface area contributed by atoms with E-state index in [2.05, 4.69) is 4.74 Å². The molecule has 0 amide bonds. The molecule has 0 aromatic heterocycles. The van der Waals surface area contributed by atoms with Gasteiger partial charge in [0.15, 0.2) is 28.9 Å². The van der Waals surface area contributed by atoms with Crippen LogP contribution in [0.15, 0.2) is 0 Å². The third-order valence-electron chi connectivity index (χ3n) is 8.99. The first-order valence-corrected chi connectivity index (χ1v) is 18.6. The van der Waals surface area contributed by atoms with E-state index in [1.54, 1.807) is 20.8 Å². The number of carbonyl (C=O) groups is 3. The summed E-state index contributed by atoms with van der Waals surface area (Å²) >= 11 is 0. The highest BCUT2D eigenvalue weighted by molar-refractivity contribution is 6.32. The largest absolute Gasteiger partial charge is 1.00 e. The average Bonchev–Trinajstić information content (AvgIpc) is 3.89. The number of hydrogen-bond donors (Lipinski definition) is 0. The Bertz CT molecular complexity index is 1280. The maximum atomic E-state index is 12.1. The predicted molar refractivity (Wildman–Crippen MR) is 187 cm³/mol. The van der Waals surface area contributed by atoms with E-state index in [-0.39, 0.29) is 51.8 Å². The van der Waals surface area contributed by atoms with E-state index in [0.717, 1.165) is 0 Å². The zero-order valence-corrected chi connectivity index (χ0v) is 34.3. The van der Waals surface area contributed by atoms with Gasteiger partial charge in [-0.25, -0.2) is 9.59 Å². The summed E-state index contributed by atoms with van der Waals surface area (Å²) in [6.07, 6.45) is -2.41. The Balaban J connectivity index is 0.000000246. The van der Waals surface area contributed by atoms with E-state index in [4.69, 9.17) is 61.6 Å². The van der Waals surface area contributed by atoms with Gasteiger partial charge >= 0.3 is 13.4 Å². The quantitative estimate of drug-likeness (QED) is 0.258. The Morgan fingerprint density at radius 3 is 1.06 bits per heavy atom. The summed E-state index contributed by atoms with van der Waals surface area (Å²) < 4.78 is 79.8. The van der Waals surface area contributed by atoms with Crippen molar-refractivity contribution in [3.8, 4) is 0 Å². The second kappa shape index (κ2) is 16.9. The van der Waals surface area contributed by atoms with Crippen LogP contribution in [0.25, 0.3) is 0 Å². The highest BCUT2D eigenvalue weighted by Crippen LogP contribution is 2.41. The predicted octanol–water partition coefficient (Wildman–Crippen LogP) is 3.41. The number of Topliss-reactive ketones (excluding diaryl/α,β-unsaturated/α-hetero) is 1. The molecule has 6 fully saturated rings. The summed E-state index contributed by atoms with van der Waals surface area (Å²) in [5, 5.41) is 0. The number of esters is 2. The van der Waals surface area contributed by atoms with Crippen molar-refractivity contribution in [2.24, 2.45) is 0 Å². The molecule has 6 heterocycles. The van der Waals surface area contributed by atoms with Crippen molar-refractivity contribution in [1.82, 2.24) is 0 Å². The molecule has 6 saturated heterocycles. The average molecular weight is 780 g/mol. The lowest BCUT2D eigenvalue weighted by atomic mass is 10.0. The third kappa shape index (κ3) is 11.6. The molecule has 0 N–H and O–H groups in total. The fourth-order valence-corrected chi connectivity index (χ4v) is 6.78. The Morgan fingerprint density at radius 1 is 0.481 bits per heavy atom. The van der Waals surface area contributed by atoms with Crippen LogP contribution in [0.1, 0.15) is 98.4 Å². The van der Waals surface area contributed by atoms with Crippen molar-refractivity contribution in [1.29, 1.82) is 0 Å². The molecule has 0 aromatic rings. The zero-order chi connectivity index (χ0) is 40.5. The fraction of sp³-hybridized carbons (Fsp3) is 0.919. The van der Waals surface area contributed by atoms with Gasteiger partial charge in [0.05, 0.1) is 39.6 Å². The number of hydrogen-bond acceptors (Lipinski definition) is 17. The van der Waals surface area contributed by atoms with Crippen LogP contribution in [0.2, 0.25) is 0 Å². The van der Waals surface area contributed by atoms with Gasteiger partial charge in [0.2, 0.25) is 5.78 Å². The molecule has 17 nitrogen and oxygen atoms in total. The molecule has 9 atom stereocenters. The minimum absolute atomic E-state index is 0. The van der Waals surface area contributed by atoms with Crippen molar-refractivity contribution in [2.45, 2.75) is 180 Å². The van der Waals surface area contributed by atoms with E-state index in [0.29, 0.717) is 19.8 Å². The highest BCUT2D eigenvalue weighted by Gasteiger charge is 2.58. The van der Waals surface area contributed by atoms with E-state index in [1.165, 1.54) is 6.92 Å². The van der Waals surface area contributed by atoms with Gasteiger partial charge in [-0.1, -0.05) is 0 Å². The van der Waals surface area contributed by atoms with Crippen molar-refractivity contribution < 1.29 is 82.1 Å². The molecule has 0 aromatic carbocycles. The molecule has 0 radical (unpaired) electrons.